The summed E-state index contributed by atoms with van der Waals surface area (Å²) in [7, 11) is 0. The summed E-state index contributed by atoms with van der Waals surface area (Å²) in [6.07, 6.45) is 3.10. The number of anilines is 3. The quantitative estimate of drug-likeness (QED) is 0.112. The lowest BCUT2D eigenvalue weighted by Crippen LogP contribution is -2.29. The molecular weight excluding hydrogens is 522 g/mol. The summed E-state index contributed by atoms with van der Waals surface area (Å²) in [6, 6.07) is 20.8. The Hall–Kier alpha value is -4.63. The maximum Gasteiger partial charge on any atom is 0.412 e. The van der Waals surface area contributed by atoms with Crippen molar-refractivity contribution in [1.29, 1.82) is 0 Å². The Morgan fingerprint density at radius 3 is 2.29 bits per heavy atom. The maximum absolute atomic E-state index is 13.0. The molecule has 3 aromatic carbocycles. The number of allylic oxidation sites excluding steroid dienone is 1. The normalized spacial score (nSPS) is 12.0. The first-order chi connectivity index (χ1) is 19.6. The zero-order valence-corrected chi connectivity index (χ0v) is 23.6. The van der Waals surface area contributed by atoms with Crippen LogP contribution < -0.4 is 21.1 Å². The van der Waals surface area contributed by atoms with Crippen molar-refractivity contribution in [2.45, 2.75) is 39.7 Å². The number of rotatable bonds is 13. The smallest absolute Gasteiger partial charge is 0.412 e. The molecule has 0 bridgehead atoms. The molecule has 9 heteroatoms. The Morgan fingerprint density at radius 1 is 0.976 bits per heavy atom. The number of benzene rings is 3. The fourth-order valence-electron chi connectivity index (χ4n) is 4.19. The lowest BCUT2D eigenvalue weighted by Gasteiger charge is -2.34. The molecule has 3 aromatic rings. The largest absolute Gasteiger partial charge is 0.491 e. The number of nitrogens with two attached hydrogens (primary N) is 1. The molecule has 0 saturated heterocycles. The van der Waals surface area contributed by atoms with Gasteiger partial charge in [0.25, 0.3) is 0 Å². The Bertz CT molecular complexity index is 1350. The van der Waals surface area contributed by atoms with E-state index in [-0.39, 0.29) is 24.9 Å². The van der Waals surface area contributed by atoms with Crippen molar-refractivity contribution in [3.63, 3.8) is 0 Å². The molecule has 1 atom stereocenters. The standard InChI is InChI=1S/C32H37N3O6/c1-22(37)23-11-15-25(16-12-23)34-31(39)41-30(24-13-17-26(18-14-24)40-21-20-36)32(2,3)19-7-6-10-29(38)35-28-9-5-4-8-27(28)33/h4-6,8-18,30,36H,7,19-21,33H2,1-3H3,(H,34,39)(H,35,38)/b10-6+/t30-/m1/s1. The van der Waals surface area contributed by atoms with E-state index in [0.29, 0.717) is 41.2 Å². The number of ketones is 1. The van der Waals surface area contributed by atoms with Gasteiger partial charge in [0, 0.05) is 16.7 Å². The molecule has 0 fully saturated rings. The van der Waals surface area contributed by atoms with Crippen LogP contribution in [0.25, 0.3) is 0 Å². The number of carbonyl (C=O) groups excluding carboxylic acids is 3. The van der Waals surface area contributed by atoms with Crippen molar-refractivity contribution >= 4 is 34.8 Å². The first kappa shape index (κ1) is 30.9. The fourth-order valence-corrected chi connectivity index (χ4v) is 4.19. The van der Waals surface area contributed by atoms with E-state index in [1.807, 2.05) is 26.0 Å². The molecule has 9 nitrogen and oxygen atoms in total. The number of aliphatic hydroxyl groups excluding tert-OH is 1. The third kappa shape index (κ3) is 9.51. The van der Waals surface area contributed by atoms with Crippen molar-refractivity contribution in [3.05, 3.63) is 96.1 Å². The number of nitrogen functional groups attached to an aromatic ring is 1. The molecule has 0 aliphatic carbocycles. The van der Waals surface area contributed by atoms with E-state index in [2.05, 4.69) is 10.6 Å². The summed E-state index contributed by atoms with van der Waals surface area (Å²) in [6.45, 7) is 5.53. The SMILES string of the molecule is CC(=O)c1ccc(NC(=O)O[C@H](c2ccc(OCCO)cc2)C(C)(C)CC/C=C/C(=O)Nc2ccccc2N)cc1. The molecular formula is C32H37N3O6. The number of nitrogens with one attached hydrogen (secondary N) is 2. The maximum atomic E-state index is 13.0. The fraction of sp³-hybridized carbons (Fsp3) is 0.281. The molecule has 216 valence electrons. The van der Waals surface area contributed by atoms with Gasteiger partial charge in [-0.3, -0.25) is 14.9 Å². The number of hydrogen-bond acceptors (Lipinski definition) is 7. The van der Waals surface area contributed by atoms with Gasteiger partial charge >= 0.3 is 6.09 Å². The van der Waals surface area contributed by atoms with Crippen molar-refractivity contribution in [2.75, 3.05) is 29.6 Å². The van der Waals surface area contributed by atoms with Crippen LogP contribution in [-0.4, -0.2) is 36.1 Å². The zero-order valence-electron chi connectivity index (χ0n) is 23.6. The van der Waals surface area contributed by atoms with Gasteiger partial charge in [0.2, 0.25) is 5.91 Å². The van der Waals surface area contributed by atoms with Crippen LogP contribution in [0.4, 0.5) is 21.9 Å². The zero-order chi connectivity index (χ0) is 29.8. The summed E-state index contributed by atoms with van der Waals surface area (Å²) >= 11 is 0. The van der Waals surface area contributed by atoms with E-state index in [1.54, 1.807) is 66.7 Å². The minimum atomic E-state index is -0.644. The number of para-hydroxylation sites is 2. The highest BCUT2D eigenvalue weighted by Crippen LogP contribution is 2.41. The number of hydrogen-bond donors (Lipinski definition) is 4. The van der Waals surface area contributed by atoms with Crippen molar-refractivity contribution in [1.82, 2.24) is 0 Å². The molecule has 0 radical (unpaired) electrons. The van der Waals surface area contributed by atoms with Gasteiger partial charge in [0.15, 0.2) is 5.78 Å². The average molecular weight is 560 g/mol. The molecule has 0 unspecified atom stereocenters. The first-order valence-corrected chi connectivity index (χ1v) is 13.3. The lowest BCUT2D eigenvalue weighted by molar-refractivity contribution is -0.111. The third-order valence-corrected chi connectivity index (χ3v) is 6.46. The molecule has 2 amide bonds. The summed E-state index contributed by atoms with van der Waals surface area (Å²) in [5, 5.41) is 14.5. The van der Waals surface area contributed by atoms with Gasteiger partial charge in [0.1, 0.15) is 18.5 Å². The van der Waals surface area contributed by atoms with E-state index >= 15 is 0 Å². The molecule has 0 aliphatic heterocycles. The van der Waals surface area contributed by atoms with E-state index in [1.165, 1.54) is 13.0 Å². The summed E-state index contributed by atoms with van der Waals surface area (Å²) in [5.41, 5.74) is 8.18. The number of Topliss-reactive ketones (excluding diaryl/α,β-unsaturated/α-hetero) is 1. The Labute approximate surface area is 240 Å². The predicted molar refractivity (Wildman–Crippen MR) is 160 cm³/mol. The number of ether oxygens (including phenoxy) is 2. The van der Waals surface area contributed by atoms with Crippen LogP contribution in [0.1, 0.15) is 55.6 Å². The first-order valence-electron chi connectivity index (χ1n) is 13.3. The van der Waals surface area contributed by atoms with Crippen molar-refractivity contribution in [2.24, 2.45) is 5.41 Å². The van der Waals surface area contributed by atoms with Gasteiger partial charge in [0.05, 0.1) is 18.0 Å². The highest BCUT2D eigenvalue weighted by atomic mass is 16.6. The summed E-state index contributed by atoms with van der Waals surface area (Å²) in [4.78, 5) is 36.9. The number of carbonyl (C=O) groups is 3. The van der Waals surface area contributed by atoms with Gasteiger partial charge in [-0.25, -0.2) is 4.79 Å². The van der Waals surface area contributed by atoms with Crippen LogP contribution >= 0.6 is 0 Å². The molecule has 0 aromatic heterocycles. The van der Waals surface area contributed by atoms with Gasteiger partial charge in [-0.05, 0) is 79.9 Å². The Morgan fingerprint density at radius 2 is 1.66 bits per heavy atom. The van der Waals surface area contributed by atoms with Crippen LogP contribution in [0, 0.1) is 5.41 Å². The van der Waals surface area contributed by atoms with Crippen LogP contribution in [0.5, 0.6) is 5.75 Å². The molecule has 41 heavy (non-hydrogen) atoms. The van der Waals surface area contributed by atoms with Crippen LogP contribution in [0.2, 0.25) is 0 Å². The highest BCUT2D eigenvalue weighted by Gasteiger charge is 2.34. The van der Waals surface area contributed by atoms with Gasteiger partial charge in [-0.1, -0.05) is 44.2 Å². The molecule has 0 aliphatic rings. The highest BCUT2D eigenvalue weighted by molar-refractivity contribution is 6.01. The molecule has 5 N–H and O–H groups in total. The van der Waals surface area contributed by atoms with Crippen LogP contribution in [0.15, 0.2) is 84.9 Å². The van der Waals surface area contributed by atoms with E-state index in [4.69, 9.17) is 20.3 Å². The van der Waals surface area contributed by atoms with E-state index in [9.17, 15) is 14.4 Å². The lowest BCUT2D eigenvalue weighted by atomic mass is 9.78. The second kappa shape index (κ2) is 14.7. The number of amides is 2. The average Bonchev–Trinajstić information content (AvgIpc) is 2.95. The minimum absolute atomic E-state index is 0.0666. The number of aliphatic hydroxyl groups is 1. The van der Waals surface area contributed by atoms with Gasteiger partial charge in [-0.15, -0.1) is 0 Å². The molecule has 3 rings (SSSR count). The monoisotopic (exact) mass is 559 g/mol. The second-order valence-corrected chi connectivity index (χ2v) is 10.2. The molecule has 0 spiro atoms. The summed E-state index contributed by atoms with van der Waals surface area (Å²) < 4.78 is 11.4. The van der Waals surface area contributed by atoms with Gasteiger partial charge in [-0.2, -0.15) is 0 Å². The van der Waals surface area contributed by atoms with Crippen molar-refractivity contribution < 1.29 is 29.0 Å². The molecule has 0 heterocycles. The minimum Gasteiger partial charge on any atom is -0.491 e. The third-order valence-electron chi connectivity index (χ3n) is 6.46. The Balaban J connectivity index is 1.70. The molecule has 0 saturated carbocycles. The van der Waals surface area contributed by atoms with Crippen LogP contribution in [0.3, 0.4) is 0 Å². The second-order valence-electron chi connectivity index (χ2n) is 10.2. The van der Waals surface area contributed by atoms with Crippen molar-refractivity contribution in [3.8, 4) is 5.75 Å². The van der Waals surface area contributed by atoms with Crippen LogP contribution in [-0.2, 0) is 9.53 Å². The summed E-state index contributed by atoms with van der Waals surface area (Å²) in [5.74, 6) is 0.229. The van der Waals surface area contributed by atoms with E-state index in [0.717, 1.165) is 5.56 Å². The Kier molecular flexibility index (Phi) is 11.1. The topological polar surface area (TPSA) is 140 Å². The van der Waals surface area contributed by atoms with Gasteiger partial charge < -0.3 is 25.6 Å². The predicted octanol–water partition coefficient (Wildman–Crippen LogP) is 6.13. The van der Waals surface area contributed by atoms with E-state index < -0.39 is 17.6 Å².